The van der Waals surface area contributed by atoms with Crippen LogP contribution in [0.1, 0.15) is 30.5 Å². The minimum absolute atomic E-state index is 0.0834. The first-order valence-corrected chi connectivity index (χ1v) is 5.12. The molecule has 15 heavy (non-hydrogen) atoms. The molecule has 0 heterocycles. The molecule has 0 spiro atoms. The third-order valence-corrected chi connectivity index (χ3v) is 2.30. The van der Waals surface area contributed by atoms with Gasteiger partial charge in [0, 0.05) is 18.0 Å². The summed E-state index contributed by atoms with van der Waals surface area (Å²) in [4.78, 5) is 0. The van der Waals surface area contributed by atoms with Gasteiger partial charge in [0.2, 0.25) is 0 Å². The highest BCUT2D eigenvalue weighted by Gasteiger charge is 2.13. The number of aryl methyl sites for hydroxylation is 1. The average Bonchev–Trinajstić information content (AvgIpc) is 2.21. The van der Waals surface area contributed by atoms with Crippen LogP contribution in [0.5, 0.6) is 0 Å². The van der Waals surface area contributed by atoms with Gasteiger partial charge in [-0.05, 0) is 19.5 Å². The summed E-state index contributed by atoms with van der Waals surface area (Å²) in [6.07, 6.45) is 5.78. The van der Waals surface area contributed by atoms with Crippen LogP contribution in [0.2, 0.25) is 0 Å². The lowest BCUT2D eigenvalue weighted by Crippen LogP contribution is -2.21. The Balaban J connectivity index is 2.99. The fourth-order valence-corrected chi connectivity index (χ4v) is 1.59. The minimum atomic E-state index is -0.193. The molecule has 0 saturated heterocycles. The smallest absolute Gasteiger partial charge is 0.128 e. The maximum atomic E-state index is 13.6. The van der Waals surface area contributed by atoms with Crippen LogP contribution in [0.4, 0.5) is 4.39 Å². The number of benzene rings is 1. The molecule has 0 aliphatic carbocycles. The molecule has 0 fully saturated rings. The summed E-state index contributed by atoms with van der Waals surface area (Å²) in [7, 11) is 0. The fourth-order valence-electron chi connectivity index (χ4n) is 1.59. The van der Waals surface area contributed by atoms with Crippen LogP contribution in [-0.2, 0) is 0 Å². The monoisotopic (exact) mass is 205 g/mol. The second kappa shape index (κ2) is 5.53. The molecule has 0 bridgehead atoms. The zero-order valence-corrected chi connectivity index (χ0v) is 9.18. The van der Waals surface area contributed by atoms with Gasteiger partial charge in [0.15, 0.2) is 0 Å². The van der Waals surface area contributed by atoms with Crippen LogP contribution in [-0.4, -0.2) is 6.54 Å². The quantitative estimate of drug-likeness (QED) is 0.745. The zero-order chi connectivity index (χ0) is 11.3. The van der Waals surface area contributed by atoms with Gasteiger partial charge in [-0.25, -0.2) is 4.39 Å². The van der Waals surface area contributed by atoms with Crippen molar-refractivity contribution in [1.82, 2.24) is 5.32 Å². The van der Waals surface area contributed by atoms with Crippen LogP contribution >= 0.6 is 0 Å². The van der Waals surface area contributed by atoms with Gasteiger partial charge < -0.3 is 5.32 Å². The molecule has 1 N–H and O–H groups in total. The van der Waals surface area contributed by atoms with Crippen molar-refractivity contribution in [1.29, 1.82) is 0 Å². The van der Waals surface area contributed by atoms with E-state index in [0.29, 0.717) is 12.0 Å². The molecule has 0 aromatic heterocycles. The number of hydrogen-bond acceptors (Lipinski definition) is 1. The predicted octanol–water partition coefficient (Wildman–Crippen LogP) is 2.81. The molecular formula is C13H16FN. The Morgan fingerprint density at radius 2 is 2.27 bits per heavy atom. The highest BCUT2D eigenvalue weighted by Crippen LogP contribution is 2.20. The van der Waals surface area contributed by atoms with Gasteiger partial charge in [-0.15, -0.1) is 12.3 Å². The average molecular weight is 205 g/mol. The zero-order valence-electron chi connectivity index (χ0n) is 9.18. The van der Waals surface area contributed by atoms with Crippen molar-refractivity contribution < 1.29 is 4.39 Å². The van der Waals surface area contributed by atoms with Crippen molar-refractivity contribution >= 4 is 0 Å². The van der Waals surface area contributed by atoms with E-state index in [0.717, 1.165) is 12.1 Å². The molecule has 80 valence electrons. The van der Waals surface area contributed by atoms with Crippen molar-refractivity contribution in [2.45, 2.75) is 26.3 Å². The van der Waals surface area contributed by atoms with Gasteiger partial charge in [-0.2, -0.15) is 0 Å². The lowest BCUT2D eigenvalue weighted by molar-refractivity contribution is 0.520. The van der Waals surface area contributed by atoms with Crippen molar-refractivity contribution in [2.75, 3.05) is 6.54 Å². The van der Waals surface area contributed by atoms with Crippen LogP contribution in [0, 0.1) is 25.1 Å². The SMILES string of the molecule is C#CCC(NCC)c1cc(C)ccc1F. The Bertz CT molecular complexity index is 365. The number of nitrogens with one attached hydrogen (secondary N) is 1. The van der Waals surface area contributed by atoms with Crippen LogP contribution in [0.15, 0.2) is 18.2 Å². The van der Waals surface area contributed by atoms with E-state index in [1.165, 1.54) is 6.07 Å². The highest BCUT2D eigenvalue weighted by atomic mass is 19.1. The number of terminal acetylenes is 1. The topological polar surface area (TPSA) is 12.0 Å². The third kappa shape index (κ3) is 3.07. The van der Waals surface area contributed by atoms with Gasteiger partial charge in [-0.1, -0.05) is 24.6 Å². The summed E-state index contributed by atoms with van der Waals surface area (Å²) in [6.45, 7) is 4.71. The predicted molar refractivity (Wildman–Crippen MR) is 61.0 cm³/mol. The van der Waals surface area contributed by atoms with Crippen molar-refractivity contribution in [3.05, 3.63) is 35.1 Å². The van der Waals surface area contributed by atoms with Gasteiger partial charge >= 0.3 is 0 Å². The Hall–Kier alpha value is -1.33. The molecule has 1 rings (SSSR count). The number of hydrogen-bond donors (Lipinski definition) is 1. The Labute approximate surface area is 90.7 Å². The lowest BCUT2D eigenvalue weighted by atomic mass is 10.0. The van der Waals surface area contributed by atoms with Gasteiger partial charge in [0.25, 0.3) is 0 Å². The van der Waals surface area contributed by atoms with Gasteiger partial charge in [0.1, 0.15) is 5.82 Å². The van der Waals surface area contributed by atoms with Gasteiger partial charge in [0.05, 0.1) is 0 Å². The molecule has 1 aromatic carbocycles. The van der Waals surface area contributed by atoms with E-state index in [1.54, 1.807) is 6.07 Å². The number of rotatable bonds is 4. The standard InChI is InChI=1S/C13H16FN/c1-4-6-13(15-5-2)11-9-10(3)7-8-12(11)14/h1,7-9,13,15H,5-6H2,2-3H3. The minimum Gasteiger partial charge on any atom is -0.309 e. The molecule has 0 aliphatic rings. The molecule has 0 radical (unpaired) electrons. The van der Waals surface area contributed by atoms with Crippen LogP contribution in [0.3, 0.4) is 0 Å². The fraction of sp³-hybridized carbons (Fsp3) is 0.385. The maximum Gasteiger partial charge on any atom is 0.128 e. The molecule has 2 heteroatoms. The first-order chi connectivity index (χ1) is 7.19. The van der Waals surface area contributed by atoms with Gasteiger partial charge in [-0.3, -0.25) is 0 Å². The van der Waals surface area contributed by atoms with E-state index < -0.39 is 0 Å². The van der Waals surface area contributed by atoms with E-state index in [2.05, 4.69) is 11.2 Å². The van der Waals surface area contributed by atoms with Crippen molar-refractivity contribution in [3.63, 3.8) is 0 Å². The molecule has 0 aliphatic heterocycles. The molecule has 1 unspecified atom stereocenters. The molecule has 1 nitrogen and oxygen atoms in total. The summed E-state index contributed by atoms with van der Waals surface area (Å²) < 4.78 is 13.6. The normalized spacial score (nSPS) is 12.1. The Morgan fingerprint density at radius 3 is 2.87 bits per heavy atom. The largest absolute Gasteiger partial charge is 0.309 e. The van der Waals surface area contributed by atoms with Crippen LogP contribution in [0.25, 0.3) is 0 Å². The van der Waals surface area contributed by atoms with Crippen LogP contribution < -0.4 is 5.32 Å². The first kappa shape index (κ1) is 11.7. The molecule has 0 amide bonds. The molecular weight excluding hydrogens is 189 g/mol. The summed E-state index contributed by atoms with van der Waals surface area (Å²) in [5.41, 5.74) is 1.71. The Kier molecular flexibility index (Phi) is 4.33. The molecule has 1 atom stereocenters. The summed E-state index contributed by atoms with van der Waals surface area (Å²) in [5, 5.41) is 3.19. The van der Waals surface area contributed by atoms with E-state index in [9.17, 15) is 4.39 Å². The van der Waals surface area contributed by atoms with E-state index >= 15 is 0 Å². The molecule has 1 aromatic rings. The maximum absolute atomic E-state index is 13.6. The summed E-state index contributed by atoms with van der Waals surface area (Å²) >= 11 is 0. The Morgan fingerprint density at radius 1 is 1.53 bits per heavy atom. The summed E-state index contributed by atoms with van der Waals surface area (Å²) in [5.74, 6) is 2.38. The summed E-state index contributed by atoms with van der Waals surface area (Å²) in [6, 6.07) is 5.02. The van der Waals surface area contributed by atoms with Crippen molar-refractivity contribution in [2.24, 2.45) is 0 Å². The lowest BCUT2D eigenvalue weighted by Gasteiger charge is -2.16. The third-order valence-electron chi connectivity index (χ3n) is 2.30. The number of halogens is 1. The molecule has 0 saturated carbocycles. The van der Waals surface area contributed by atoms with E-state index in [-0.39, 0.29) is 11.9 Å². The highest BCUT2D eigenvalue weighted by molar-refractivity contribution is 5.27. The van der Waals surface area contributed by atoms with E-state index in [4.69, 9.17) is 6.42 Å². The second-order valence-corrected chi connectivity index (χ2v) is 3.54. The van der Waals surface area contributed by atoms with E-state index in [1.807, 2.05) is 19.9 Å². The van der Waals surface area contributed by atoms with Crippen molar-refractivity contribution in [3.8, 4) is 12.3 Å². The first-order valence-electron chi connectivity index (χ1n) is 5.12. The second-order valence-electron chi connectivity index (χ2n) is 3.54.